The molecule has 0 bridgehead atoms. The lowest BCUT2D eigenvalue weighted by molar-refractivity contribution is -0.384. The number of non-ortho nitro benzene ring substituents is 1. The zero-order chi connectivity index (χ0) is 19.1. The van der Waals surface area contributed by atoms with E-state index in [1.54, 1.807) is 27.8 Å². The summed E-state index contributed by atoms with van der Waals surface area (Å²) >= 11 is 0. The third-order valence-electron chi connectivity index (χ3n) is 5.93. The molecule has 8 nitrogen and oxygen atoms in total. The summed E-state index contributed by atoms with van der Waals surface area (Å²) in [5.74, 6) is -0.869. The average molecular weight is 371 g/mol. The number of carbonyl (C=O) groups excluding carboxylic acids is 1. The fourth-order valence-electron chi connectivity index (χ4n) is 4.71. The number of hydrogen-bond acceptors (Lipinski definition) is 4. The first-order chi connectivity index (χ1) is 13.0. The third kappa shape index (κ3) is 3.05. The van der Waals surface area contributed by atoms with Crippen molar-refractivity contribution >= 4 is 28.5 Å². The van der Waals surface area contributed by atoms with Crippen LogP contribution in [0.15, 0.2) is 30.5 Å². The molecule has 1 aliphatic heterocycles. The second-order valence-corrected chi connectivity index (χ2v) is 7.45. The van der Waals surface area contributed by atoms with Gasteiger partial charge in [-0.15, -0.1) is 0 Å². The topological polar surface area (TPSA) is 106 Å². The van der Waals surface area contributed by atoms with Crippen LogP contribution in [-0.4, -0.2) is 43.5 Å². The van der Waals surface area contributed by atoms with Crippen molar-refractivity contribution in [1.29, 1.82) is 0 Å². The van der Waals surface area contributed by atoms with Crippen LogP contribution in [0.4, 0.5) is 5.69 Å². The van der Waals surface area contributed by atoms with Crippen molar-refractivity contribution in [3.05, 3.63) is 40.6 Å². The Balaban J connectivity index is 1.60. The molecule has 2 aromatic rings. The highest BCUT2D eigenvalue weighted by atomic mass is 16.6. The molecule has 142 valence electrons. The molecule has 27 heavy (non-hydrogen) atoms. The molecule has 1 saturated carbocycles. The van der Waals surface area contributed by atoms with Gasteiger partial charge in [0.15, 0.2) is 0 Å². The number of nitro benzene ring substituents is 1. The van der Waals surface area contributed by atoms with Crippen LogP contribution in [0.2, 0.25) is 0 Å². The molecule has 1 aromatic carbocycles. The smallest absolute Gasteiger partial charge is 0.326 e. The van der Waals surface area contributed by atoms with Gasteiger partial charge in [-0.1, -0.05) is 12.8 Å². The molecule has 1 N–H and O–H groups in total. The van der Waals surface area contributed by atoms with Crippen LogP contribution in [0, 0.1) is 16.0 Å². The van der Waals surface area contributed by atoms with E-state index in [0.717, 1.165) is 31.2 Å². The molecule has 1 aliphatic carbocycles. The Labute approximate surface area is 155 Å². The van der Waals surface area contributed by atoms with E-state index in [-0.39, 0.29) is 30.1 Å². The highest BCUT2D eigenvalue weighted by Crippen LogP contribution is 2.40. The minimum atomic E-state index is -0.939. The number of amides is 1. The van der Waals surface area contributed by atoms with E-state index in [1.165, 1.54) is 12.1 Å². The van der Waals surface area contributed by atoms with Crippen molar-refractivity contribution < 1.29 is 19.6 Å². The molecule has 2 heterocycles. The van der Waals surface area contributed by atoms with Gasteiger partial charge in [0, 0.05) is 35.3 Å². The Hall–Kier alpha value is -2.90. The fourth-order valence-corrected chi connectivity index (χ4v) is 4.71. The lowest BCUT2D eigenvalue weighted by Gasteiger charge is -2.33. The number of nitro groups is 1. The van der Waals surface area contributed by atoms with Crippen LogP contribution < -0.4 is 0 Å². The minimum absolute atomic E-state index is 0.00195. The normalized spacial score (nSPS) is 24.7. The molecule has 3 unspecified atom stereocenters. The number of aliphatic carboxylic acids is 1. The molecular formula is C19H21N3O5. The van der Waals surface area contributed by atoms with Gasteiger partial charge in [-0.25, -0.2) is 4.79 Å². The largest absolute Gasteiger partial charge is 0.480 e. The Kier molecular flexibility index (Phi) is 4.33. The number of carbonyl (C=O) groups is 2. The van der Waals surface area contributed by atoms with Crippen LogP contribution in [0.5, 0.6) is 0 Å². The molecule has 8 heteroatoms. The van der Waals surface area contributed by atoms with Crippen LogP contribution in [-0.2, 0) is 16.1 Å². The summed E-state index contributed by atoms with van der Waals surface area (Å²) in [5, 5.41) is 21.2. The first-order valence-corrected chi connectivity index (χ1v) is 9.23. The summed E-state index contributed by atoms with van der Waals surface area (Å²) in [6.45, 7) is 0.0360. The van der Waals surface area contributed by atoms with Gasteiger partial charge in [0.2, 0.25) is 5.91 Å². The van der Waals surface area contributed by atoms with E-state index in [1.807, 2.05) is 0 Å². The Morgan fingerprint density at radius 3 is 2.74 bits per heavy atom. The lowest BCUT2D eigenvalue weighted by atomic mass is 9.85. The van der Waals surface area contributed by atoms with Gasteiger partial charge in [0.25, 0.3) is 5.69 Å². The molecule has 2 fully saturated rings. The maximum absolute atomic E-state index is 13.0. The van der Waals surface area contributed by atoms with Gasteiger partial charge in [0.1, 0.15) is 12.6 Å². The highest BCUT2D eigenvalue weighted by molar-refractivity contribution is 5.87. The first-order valence-electron chi connectivity index (χ1n) is 9.23. The van der Waals surface area contributed by atoms with Crippen LogP contribution >= 0.6 is 0 Å². The van der Waals surface area contributed by atoms with Crippen molar-refractivity contribution in [3.8, 4) is 0 Å². The van der Waals surface area contributed by atoms with Crippen LogP contribution in [0.3, 0.4) is 0 Å². The predicted molar refractivity (Wildman–Crippen MR) is 97.2 cm³/mol. The van der Waals surface area contributed by atoms with Gasteiger partial charge in [-0.05, 0) is 37.3 Å². The SMILES string of the molecule is O=C(O)C1CC2CCCCC2N1C(=O)Cn1ccc2cc([N+](=O)[O-])ccc21. The molecule has 4 rings (SSSR count). The molecule has 0 radical (unpaired) electrons. The van der Waals surface area contributed by atoms with Crippen molar-refractivity contribution in [2.45, 2.75) is 50.7 Å². The number of carboxylic acids is 1. The van der Waals surface area contributed by atoms with Crippen molar-refractivity contribution in [2.24, 2.45) is 5.92 Å². The van der Waals surface area contributed by atoms with Crippen LogP contribution in [0.25, 0.3) is 10.9 Å². The van der Waals surface area contributed by atoms with Gasteiger partial charge < -0.3 is 14.6 Å². The number of hydrogen-bond donors (Lipinski definition) is 1. The quantitative estimate of drug-likeness (QED) is 0.657. The highest BCUT2D eigenvalue weighted by Gasteiger charge is 2.47. The number of fused-ring (bicyclic) bond motifs is 2. The first kappa shape index (κ1) is 17.5. The summed E-state index contributed by atoms with van der Waals surface area (Å²) in [7, 11) is 0. The Morgan fingerprint density at radius 2 is 2.00 bits per heavy atom. The average Bonchev–Trinajstić information content (AvgIpc) is 3.22. The minimum Gasteiger partial charge on any atom is -0.480 e. The standard InChI is InChI=1S/C19H21N3O5/c23-18(21-16-4-2-1-3-12(16)10-17(21)19(24)25)11-20-8-7-13-9-14(22(26)27)5-6-15(13)20/h5-9,12,16-17H,1-4,10-11H2,(H,24,25). The van der Waals surface area contributed by atoms with E-state index in [0.29, 0.717) is 11.8 Å². The molecule has 1 saturated heterocycles. The molecule has 2 aliphatic rings. The molecule has 1 amide bonds. The monoisotopic (exact) mass is 371 g/mol. The van der Waals surface area contributed by atoms with E-state index in [2.05, 4.69) is 0 Å². The van der Waals surface area contributed by atoms with Gasteiger partial charge in [-0.3, -0.25) is 14.9 Å². The van der Waals surface area contributed by atoms with E-state index < -0.39 is 16.9 Å². The predicted octanol–water partition coefficient (Wildman–Crippen LogP) is 2.79. The maximum Gasteiger partial charge on any atom is 0.326 e. The number of likely N-dealkylation sites (tertiary alicyclic amines) is 1. The number of nitrogens with zero attached hydrogens (tertiary/aromatic N) is 3. The number of aromatic nitrogens is 1. The summed E-state index contributed by atoms with van der Waals surface area (Å²) in [6, 6.07) is 5.50. The summed E-state index contributed by atoms with van der Waals surface area (Å²) in [4.78, 5) is 36.8. The Bertz CT molecular complexity index is 921. The van der Waals surface area contributed by atoms with Crippen molar-refractivity contribution in [3.63, 3.8) is 0 Å². The number of benzene rings is 1. The number of carboxylic acid groups (broad SMARTS) is 1. The zero-order valence-corrected chi connectivity index (χ0v) is 14.8. The Morgan fingerprint density at radius 1 is 1.22 bits per heavy atom. The molecule has 3 atom stereocenters. The van der Waals surface area contributed by atoms with E-state index in [4.69, 9.17) is 0 Å². The van der Waals surface area contributed by atoms with E-state index >= 15 is 0 Å². The zero-order valence-electron chi connectivity index (χ0n) is 14.8. The summed E-state index contributed by atoms with van der Waals surface area (Å²) in [6.07, 6.45) is 6.21. The second-order valence-electron chi connectivity index (χ2n) is 7.45. The van der Waals surface area contributed by atoms with Gasteiger partial charge in [0.05, 0.1) is 4.92 Å². The molecular weight excluding hydrogens is 350 g/mol. The second kappa shape index (κ2) is 6.68. The molecule has 0 spiro atoms. The van der Waals surface area contributed by atoms with Gasteiger partial charge >= 0.3 is 5.97 Å². The lowest BCUT2D eigenvalue weighted by Crippen LogP contribution is -2.47. The van der Waals surface area contributed by atoms with Crippen molar-refractivity contribution in [1.82, 2.24) is 9.47 Å². The fraction of sp³-hybridized carbons (Fsp3) is 0.474. The van der Waals surface area contributed by atoms with Gasteiger partial charge in [-0.2, -0.15) is 0 Å². The van der Waals surface area contributed by atoms with Crippen LogP contribution in [0.1, 0.15) is 32.1 Å². The summed E-state index contributed by atoms with van der Waals surface area (Å²) in [5.41, 5.74) is 0.724. The van der Waals surface area contributed by atoms with Crippen molar-refractivity contribution in [2.75, 3.05) is 0 Å². The third-order valence-corrected chi connectivity index (χ3v) is 5.93. The van der Waals surface area contributed by atoms with E-state index in [9.17, 15) is 24.8 Å². The summed E-state index contributed by atoms with van der Waals surface area (Å²) < 4.78 is 1.73. The maximum atomic E-state index is 13.0. The number of rotatable bonds is 4. The molecule has 1 aromatic heterocycles.